The van der Waals surface area contributed by atoms with Gasteiger partial charge in [-0.05, 0) is 63.8 Å². The number of benzene rings is 1. The van der Waals surface area contributed by atoms with Crippen LogP contribution in [-0.4, -0.2) is 44.3 Å². The number of nitrogens with zero attached hydrogens (tertiary/aromatic N) is 4. The van der Waals surface area contributed by atoms with E-state index in [4.69, 9.17) is 34.7 Å². The smallest absolute Gasteiger partial charge is 0.257 e. The fourth-order valence-corrected chi connectivity index (χ4v) is 2.91. The van der Waals surface area contributed by atoms with Crippen LogP contribution in [0.2, 0.25) is 0 Å². The van der Waals surface area contributed by atoms with Gasteiger partial charge in [-0.3, -0.25) is 9.36 Å². The van der Waals surface area contributed by atoms with E-state index in [2.05, 4.69) is 10.1 Å². The molecule has 0 aliphatic carbocycles. The monoisotopic (exact) mass is 448 g/mol. The van der Waals surface area contributed by atoms with Crippen LogP contribution in [0, 0.1) is 12.7 Å². The second kappa shape index (κ2) is 8.16. The summed E-state index contributed by atoms with van der Waals surface area (Å²) in [4.78, 5) is 17.2. The van der Waals surface area contributed by atoms with Gasteiger partial charge in [-0.2, -0.15) is 0 Å². The lowest BCUT2D eigenvalue weighted by Crippen LogP contribution is -2.37. The van der Waals surface area contributed by atoms with E-state index < -0.39 is 140 Å². The van der Waals surface area contributed by atoms with Gasteiger partial charge in [0.25, 0.3) is 5.56 Å². The summed E-state index contributed by atoms with van der Waals surface area (Å²) in [5.41, 5.74) is -6.64. The zero-order valence-electron chi connectivity index (χ0n) is 37.3. The topological polar surface area (TPSA) is 84.4 Å². The van der Waals surface area contributed by atoms with E-state index >= 15 is 0 Å². The van der Waals surface area contributed by atoms with Gasteiger partial charge in [0, 0.05) is 66.3 Å². The van der Waals surface area contributed by atoms with Crippen molar-refractivity contribution in [2.45, 2.75) is 57.2 Å². The van der Waals surface area contributed by atoms with Crippen molar-refractivity contribution in [1.82, 2.24) is 19.6 Å². The van der Waals surface area contributed by atoms with Crippen LogP contribution in [0.5, 0.6) is 0 Å². The van der Waals surface area contributed by atoms with Gasteiger partial charge in [0.2, 0.25) is 0 Å². The Morgan fingerprint density at radius 1 is 1.39 bits per heavy atom. The number of likely N-dealkylation sites (tertiary alicyclic amines) is 1. The highest BCUT2D eigenvalue weighted by Crippen LogP contribution is 2.32. The first-order chi connectivity index (χ1) is 23.5. The molecule has 2 aliphatic heterocycles. The van der Waals surface area contributed by atoms with Crippen molar-refractivity contribution in [3.8, 4) is 0 Å². The Hall–Kier alpha value is -2.58. The average Bonchev–Trinajstić information content (AvgIpc) is 3.46. The SMILES string of the molecule is [2H]c1c(F)c([2H])c2onc(C3([2H])C([2H])([2H])C([2H])([2H])N(CCc4c(C([2H])([2H])[2H])nc5n(c4=O)C([2H])([2H])C([2H])([2H])C([2H])([2H])C5([2H])O)C([2H])([2H])C3([2H])[2H])c2c1[2H]. The number of hydrogen-bond acceptors (Lipinski definition) is 6. The summed E-state index contributed by atoms with van der Waals surface area (Å²) >= 11 is 0. The molecule has 3 aromatic rings. The number of aliphatic hydroxyl groups is 1. The average molecular weight is 449 g/mol. The molecule has 1 N–H and O–H groups in total. The van der Waals surface area contributed by atoms with Crippen molar-refractivity contribution >= 4 is 11.0 Å². The molecule has 0 amide bonds. The van der Waals surface area contributed by atoms with Gasteiger partial charge < -0.3 is 14.5 Å². The van der Waals surface area contributed by atoms with Gasteiger partial charge >= 0.3 is 0 Å². The molecule has 0 saturated carbocycles. The highest BCUT2D eigenvalue weighted by atomic mass is 19.1. The van der Waals surface area contributed by atoms with Crippen LogP contribution in [-0.2, 0) is 12.9 Å². The van der Waals surface area contributed by atoms with E-state index in [1.807, 2.05) is 0 Å². The molecule has 2 aromatic heterocycles. The van der Waals surface area contributed by atoms with Crippen LogP contribution in [0.4, 0.5) is 4.39 Å². The van der Waals surface area contributed by atoms with Crippen molar-refractivity contribution in [2.24, 2.45) is 0 Å². The van der Waals surface area contributed by atoms with Gasteiger partial charge in [0.1, 0.15) is 17.7 Å². The molecule has 0 radical (unpaired) electrons. The van der Waals surface area contributed by atoms with Crippen LogP contribution in [0.15, 0.2) is 27.4 Å². The van der Waals surface area contributed by atoms with E-state index in [0.29, 0.717) is 0 Å². The molecule has 31 heavy (non-hydrogen) atoms. The number of piperidine rings is 1. The highest BCUT2D eigenvalue weighted by molar-refractivity contribution is 5.79. The molecule has 0 spiro atoms. The lowest BCUT2D eigenvalue weighted by molar-refractivity contribution is 0.129. The zero-order valence-corrected chi connectivity index (χ0v) is 15.3. The maximum absolute atomic E-state index is 14.4. The summed E-state index contributed by atoms with van der Waals surface area (Å²) in [6.45, 7) is -16.5. The number of fused-ring (bicyclic) bond motifs is 2. The molecule has 1 unspecified atom stereocenters. The Labute approximate surface area is 210 Å². The Morgan fingerprint density at radius 2 is 2.23 bits per heavy atom. The summed E-state index contributed by atoms with van der Waals surface area (Å²) in [5.74, 6) is -7.06. The Bertz CT molecular complexity index is 2080. The van der Waals surface area contributed by atoms with Crippen molar-refractivity contribution in [1.29, 1.82) is 0 Å². The van der Waals surface area contributed by atoms with E-state index in [1.54, 1.807) is 0 Å². The van der Waals surface area contributed by atoms with Crippen LogP contribution in [0.3, 0.4) is 0 Å². The van der Waals surface area contributed by atoms with Crippen molar-refractivity contribution in [2.75, 3.05) is 19.5 Å². The quantitative estimate of drug-likeness (QED) is 0.660. The second-order valence-electron chi connectivity index (χ2n) is 6.29. The molecule has 2 aliphatic rings. The summed E-state index contributed by atoms with van der Waals surface area (Å²) in [6.07, 6.45) is -20.9. The summed E-state index contributed by atoms with van der Waals surface area (Å²) in [6, 6.07) is -3.67. The van der Waals surface area contributed by atoms with Crippen LogP contribution in [0.25, 0.3) is 11.0 Å². The van der Waals surface area contributed by atoms with Crippen LogP contribution >= 0.6 is 0 Å². The van der Waals surface area contributed by atoms with Crippen molar-refractivity contribution in [3.63, 3.8) is 0 Å². The van der Waals surface area contributed by atoms with Gasteiger partial charge in [0.05, 0.1) is 11.2 Å². The standard InChI is InChI=1S/C23H27FN4O3/c1-14-17(23(30)28-9-2-3-19(29)22(28)25-14)8-12-27-10-6-15(7-11-27)21-18-5-4-16(24)13-20(18)31-26-21/h4-5,13,15,19,29H,2-3,6-12H2,1H3/i1D3,2D2,3D2,4D,5D,6D2,7D2,9D2,10D2,11D2,13D,15D,19D. The van der Waals surface area contributed by atoms with Gasteiger partial charge in [0.15, 0.2) is 5.58 Å². The minimum atomic E-state index is -4.01. The second-order valence-corrected chi connectivity index (χ2v) is 6.29. The number of rotatable bonds is 4. The molecular weight excluding hydrogens is 399 g/mol. The predicted octanol–water partition coefficient (Wildman–Crippen LogP) is 3.08. The molecule has 1 aromatic carbocycles. The number of aryl methyl sites for hydroxylation is 1. The molecular formula is C23H27FN4O3. The molecule has 1 saturated heterocycles. The Morgan fingerprint density at radius 3 is 3.03 bits per heavy atom. The van der Waals surface area contributed by atoms with Gasteiger partial charge in [-0.15, -0.1) is 0 Å². The third-order valence-electron chi connectivity index (χ3n) is 4.40. The van der Waals surface area contributed by atoms with Gasteiger partial charge in [-0.1, -0.05) is 5.16 Å². The number of aromatic nitrogens is 3. The fourth-order valence-electron chi connectivity index (χ4n) is 2.91. The fraction of sp³-hybridized carbons (Fsp3) is 0.522. The maximum Gasteiger partial charge on any atom is 0.257 e. The van der Waals surface area contributed by atoms with E-state index in [1.165, 1.54) is 0 Å². The molecule has 0 bridgehead atoms. The molecule has 7 nitrogen and oxygen atoms in total. The first-order valence-electron chi connectivity index (χ1n) is 19.7. The number of hydrogen-bond donors (Lipinski definition) is 1. The van der Waals surface area contributed by atoms with Gasteiger partial charge in [-0.25, -0.2) is 9.37 Å². The van der Waals surface area contributed by atoms with E-state index in [9.17, 15) is 14.3 Å². The molecule has 5 rings (SSSR count). The van der Waals surface area contributed by atoms with Crippen LogP contribution in [0.1, 0.15) is 90.4 Å². The minimum Gasteiger partial charge on any atom is -0.385 e. The molecule has 4 heterocycles. The predicted molar refractivity (Wildman–Crippen MR) is 114 cm³/mol. The normalized spacial score (nSPS) is 45.9. The summed E-state index contributed by atoms with van der Waals surface area (Å²) in [7, 11) is 0. The first kappa shape index (κ1) is 7.22. The molecule has 8 heteroatoms. The first-order valence-corrected chi connectivity index (χ1v) is 8.71. The highest BCUT2D eigenvalue weighted by Gasteiger charge is 2.26. The zero-order chi connectivity index (χ0) is 41.0. The van der Waals surface area contributed by atoms with Crippen molar-refractivity contribution in [3.05, 3.63) is 57.1 Å². The van der Waals surface area contributed by atoms with E-state index in [0.717, 1.165) is 0 Å². The molecule has 1 fully saturated rings. The third kappa shape index (κ3) is 3.78. The Balaban J connectivity index is 1.72. The molecule has 1 atom stereocenters. The summed E-state index contributed by atoms with van der Waals surface area (Å²) in [5, 5.41) is 13.2. The lowest BCUT2D eigenvalue weighted by Gasteiger charge is -2.31. The largest absolute Gasteiger partial charge is 0.385 e. The molecule has 164 valence electrons. The van der Waals surface area contributed by atoms with Crippen molar-refractivity contribution < 1.29 is 44.2 Å². The third-order valence-corrected chi connectivity index (χ3v) is 4.40. The van der Waals surface area contributed by atoms with E-state index in [-0.39, 0.29) is 9.47 Å². The lowest BCUT2D eigenvalue weighted by atomic mass is 9.91. The number of halogens is 1. The van der Waals surface area contributed by atoms with Crippen LogP contribution < -0.4 is 5.56 Å². The minimum absolute atomic E-state index is 0.164. The summed E-state index contributed by atoms with van der Waals surface area (Å²) < 4.78 is 203. The maximum atomic E-state index is 14.4. The Kier molecular flexibility index (Phi) is 1.90.